The van der Waals surface area contributed by atoms with E-state index in [1.54, 1.807) is 0 Å². The molecule has 1 fully saturated rings. The zero-order valence-corrected chi connectivity index (χ0v) is 10.0. The van der Waals surface area contributed by atoms with Gasteiger partial charge in [-0.25, -0.2) is 0 Å². The van der Waals surface area contributed by atoms with E-state index in [0.717, 1.165) is 25.2 Å². The minimum Gasteiger partial charge on any atom is -0.330 e. The van der Waals surface area contributed by atoms with E-state index in [1.807, 2.05) is 0 Å². The van der Waals surface area contributed by atoms with Crippen molar-refractivity contribution in [3.63, 3.8) is 0 Å². The molecule has 0 aliphatic heterocycles. The normalized spacial score (nSPS) is 18.1. The summed E-state index contributed by atoms with van der Waals surface area (Å²) in [6.45, 7) is 8.26. The molecule has 1 aliphatic carbocycles. The number of hydrogen-bond acceptors (Lipinski definition) is 2. The van der Waals surface area contributed by atoms with Crippen LogP contribution in [-0.4, -0.2) is 16.3 Å². The highest BCUT2D eigenvalue weighted by Gasteiger charge is 2.42. The molecule has 1 saturated carbocycles. The Hall–Kier alpha value is -0.830. The number of rotatable bonds is 4. The molecule has 0 bridgehead atoms. The van der Waals surface area contributed by atoms with Crippen molar-refractivity contribution in [1.82, 2.24) is 9.78 Å². The van der Waals surface area contributed by atoms with Gasteiger partial charge in [0, 0.05) is 12.2 Å². The van der Waals surface area contributed by atoms with Gasteiger partial charge in [0.05, 0.1) is 5.69 Å². The Morgan fingerprint density at radius 1 is 1.33 bits per heavy atom. The van der Waals surface area contributed by atoms with Gasteiger partial charge in [0.15, 0.2) is 0 Å². The van der Waals surface area contributed by atoms with E-state index in [0.29, 0.717) is 5.41 Å². The molecule has 0 spiro atoms. The van der Waals surface area contributed by atoms with E-state index in [1.165, 1.54) is 24.1 Å². The van der Waals surface area contributed by atoms with Gasteiger partial charge < -0.3 is 5.73 Å². The minimum absolute atomic E-state index is 0.477. The number of nitrogens with two attached hydrogens (primary N) is 1. The first-order chi connectivity index (χ1) is 7.08. The molecule has 0 atom stereocenters. The van der Waals surface area contributed by atoms with E-state index in [-0.39, 0.29) is 0 Å². The highest BCUT2D eigenvalue weighted by molar-refractivity contribution is 5.22. The highest BCUT2D eigenvalue weighted by atomic mass is 15.3. The molecule has 1 aromatic heterocycles. The average molecular weight is 207 g/mol. The van der Waals surface area contributed by atoms with Gasteiger partial charge in [-0.15, -0.1) is 0 Å². The van der Waals surface area contributed by atoms with Crippen molar-refractivity contribution < 1.29 is 0 Å². The summed E-state index contributed by atoms with van der Waals surface area (Å²) in [7, 11) is 0. The van der Waals surface area contributed by atoms with Crippen LogP contribution < -0.4 is 5.73 Å². The first-order valence-electron chi connectivity index (χ1n) is 5.79. The lowest BCUT2D eigenvalue weighted by molar-refractivity contribution is 0.370. The molecule has 3 nitrogen and oxygen atoms in total. The number of aryl methyl sites for hydroxylation is 1. The third-order valence-corrected chi connectivity index (χ3v) is 3.86. The Morgan fingerprint density at radius 2 is 2.00 bits per heavy atom. The van der Waals surface area contributed by atoms with Crippen LogP contribution in [0.5, 0.6) is 0 Å². The second-order valence-corrected chi connectivity index (χ2v) is 4.99. The standard InChI is InChI=1S/C12H21N3/c1-9-10(2)14-15(11(9)3)8-12(4-5-12)6-7-13/h4-8,13H2,1-3H3. The van der Waals surface area contributed by atoms with Crippen LogP contribution >= 0.6 is 0 Å². The van der Waals surface area contributed by atoms with Gasteiger partial charge in [0.2, 0.25) is 0 Å². The van der Waals surface area contributed by atoms with E-state index in [2.05, 4.69) is 30.6 Å². The van der Waals surface area contributed by atoms with Crippen LogP contribution in [0.1, 0.15) is 36.2 Å². The molecule has 1 aliphatic rings. The first kappa shape index (κ1) is 10.7. The van der Waals surface area contributed by atoms with Crippen LogP contribution in [0.15, 0.2) is 0 Å². The summed E-state index contributed by atoms with van der Waals surface area (Å²) in [6.07, 6.45) is 3.79. The lowest BCUT2D eigenvalue weighted by Gasteiger charge is -2.15. The Bertz CT molecular complexity index is 361. The van der Waals surface area contributed by atoms with Crippen LogP contribution in [0.2, 0.25) is 0 Å². The summed E-state index contributed by atoms with van der Waals surface area (Å²) in [6, 6.07) is 0. The number of aromatic nitrogens is 2. The number of hydrogen-bond donors (Lipinski definition) is 1. The lowest BCUT2D eigenvalue weighted by Crippen LogP contribution is -2.18. The SMILES string of the molecule is Cc1nn(CC2(CCN)CC2)c(C)c1C. The van der Waals surface area contributed by atoms with Gasteiger partial charge in [-0.2, -0.15) is 5.10 Å². The maximum Gasteiger partial charge on any atom is 0.0625 e. The molecule has 0 radical (unpaired) electrons. The van der Waals surface area contributed by atoms with E-state index < -0.39 is 0 Å². The quantitative estimate of drug-likeness (QED) is 0.820. The van der Waals surface area contributed by atoms with Crippen LogP contribution in [0.3, 0.4) is 0 Å². The third kappa shape index (κ3) is 1.93. The Labute approximate surface area is 91.7 Å². The van der Waals surface area contributed by atoms with Crippen LogP contribution in [0, 0.1) is 26.2 Å². The largest absolute Gasteiger partial charge is 0.330 e. The van der Waals surface area contributed by atoms with Crippen LogP contribution in [-0.2, 0) is 6.54 Å². The van der Waals surface area contributed by atoms with Crippen molar-refractivity contribution >= 4 is 0 Å². The fourth-order valence-electron chi connectivity index (χ4n) is 2.23. The molecule has 0 unspecified atom stereocenters. The van der Waals surface area contributed by atoms with Gasteiger partial charge in [-0.05, 0) is 57.6 Å². The molecular weight excluding hydrogens is 186 g/mol. The lowest BCUT2D eigenvalue weighted by atomic mass is 10.0. The number of nitrogens with zero attached hydrogens (tertiary/aromatic N) is 2. The highest BCUT2D eigenvalue weighted by Crippen LogP contribution is 2.49. The summed E-state index contributed by atoms with van der Waals surface area (Å²) < 4.78 is 2.17. The predicted octanol–water partition coefficient (Wildman–Crippen LogP) is 1.94. The maximum atomic E-state index is 5.65. The van der Waals surface area contributed by atoms with Gasteiger partial charge in [0.1, 0.15) is 0 Å². The minimum atomic E-state index is 0.477. The third-order valence-electron chi connectivity index (χ3n) is 3.86. The van der Waals surface area contributed by atoms with E-state index in [9.17, 15) is 0 Å². The molecule has 0 amide bonds. The predicted molar refractivity (Wildman–Crippen MR) is 61.8 cm³/mol. The molecule has 1 aromatic rings. The topological polar surface area (TPSA) is 43.8 Å². The first-order valence-corrected chi connectivity index (χ1v) is 5.79. The smallest absolute Gasteiger partial charge is 0.0625 e. The zero-order chi connectivity index (χ0) is 11.1. The Kier molecular flexibility index (Phi) is 2.59. The second-order valence-electron chi connectivity index (χ2n) is 4.99. The maximum absolute atomic E-state index is 5.65. The van der Waals surface area contributed by atoms with Crippen LogP contribution in [0.4, 0.5) is 0 Å². The Balaban J connectivity index is 2.14. The molecule has 84 valence electrons. The molecule has 1 heterocycles. The van der Waals surface area contributed by atoms with Crippen molar-refractivity contribution in [2.45, 2.75) is 46.6 Å². The van der Waals surface area contributed by atoms with Crippen molar-refractivity contribution in [2.75, 3.05) is 6.54 Å². The zero-order valence-electron chi connectivity index (χ0n) is 10.0. The second kappa shape index (κ2) is 3.63. The molecule has 2 rings (SSSR count). The van der Waals surface area contributed by atoms with Crippen molar-refractivity contribution in [1.29, 1.82) is 0 Å². The van der Waals surface area contributed by atoms with Gasteiger partial charge >= 0.3 is 0 Å². The van der Waals surface area contributed by atoms with Gasteiger partial charge in [-0.3, -0.25) is 4.68 Å². The van der Waals surface area contributed by atoms with Gasteiger partial charge in [-0.1, -0.05) is 0 Å². The van der Waals surface area contributed by atoms with Crippen molar-refractivity contribution in [2.24, 2.45) is 11.1 Å². The molecular formula is C12H21N3. The summed E-state index contributed by atoms with van der Waals surface area (Å²) in [5.41, 5.74) is 9.94. The van der Waals surface area contributed by atoms with Gasteiger partial charge in [0.25, 0.3) is 0 Å². The Morgan fingerprint density at radius 3 is 2.40 bits per heavy atom. The fraction of sp³-hybridized carbons (Fsp3) is 0.750. The fourth-order valence-corrected chi connectivity index (χ4v) is 2.23. The summed E-state index contributed by atoms with van der Waals surface area (Å²) in [5.74, 6) is 0. The van der Waals surface area contributed by atoms with Crippen LogP contribution in [0.25, 0.3) is 0 Å². The molecule has 0 saturated heterocycles. The monoisotopic (exact) mass is 207 g/mol. The summed E-state index contributed by atoms with van der Waals surface area (Å²) in [5, 5.41) is 4.59. The van der Waals surface area contributed by atoms with Crippen molar-refractivity contribution in [3.05, 3.63) is 17.0 Å². The summed E-state index contributed by atoms with van der Waals surface area (Å²) >= 11 is 0. The molecule has 0 aromatic carbocycles. The average Bonchev–Trinajstić information content (AvgIpc) is 2.90. The summed E-state index contributed by atoms with van der Waals surface area (Å²) in [4.78, 5) is 0. The van der Waals surface area contributed by atoms with E-state index >= 15 is 0 Å². The molecule has 3 heteroatoms. The molecule has 15 heavy (non-hydrogen) atoms. The van der Waals surface area contributed by atoms with Crippen molar-refractivity contribution in [3.8, 4) is 0 Å². The van der Waals surface area contributed by atoms with E-state index in [4.69, 9.17) is 5.73 Å². The molecule has 2 N–H and O–H groups in total.